The van der Waals surface area contributed by atoms with Crippen LogP contribution in [0.25, 0.3) is 0 Å². The fourth-order valence-electron chi connectivity index (χ4n) is 2.73. The number of amides is 1. The number of carbonyl (C=O) groups excluding carboxylic acids is 1. The summed E-state index contributed by atoms with van der Waals surface area (Å²) >= 11 is 0. The monoisotopic (exact) mass is 473 g/mol. The Labute approximate surface area is 178 Å². The Hall–Kier alpha value is -3.34. The van der Waals surface area contributed by atoms with Gasteiger partial charge in [0, 0.05) is 11.3 Å². The van der Waals surface area contributed by atoms with Gasteiger partial charge in [0.2, 0.25) is 9.84 Å². The third-order valence-corrected chi connectivity index (χ3v) is 6.11. The van der Waals surface area contributed by atoms with Crippen LogP contribution in [0.5, 0.6) is 0 Å². The molecule has 0 aliphatic carbocycles. The Kier molecular flexibility index (Phi) is 6.05. The first-order chi connectivity index (χ1) is 14.8. The highest BCUT2D eigenvalue weighted by atomic mass is 32.2. The van der Waals surface area contributed by atoms with Crippen molar-refractivity contribution in [2.24, 2.45) is 0 Å². The standard InChI is InChI=1S/C21H13F6NO3S/c22-20(23,24)14-4-1-3-13(11-14)19(29)28-16-7-9-17(10-8-16)32(30,31)18-6-2-5-15(12-18)21(25,26)27/h1-12H,(H,28,29). The van der Waals surface area contributed by atoms with E-state index in [1.54, 1.807) is 0 Å². The van der Waals surface area contributed by atoms with E-state index in [-0.39, 0.29) is 16.1 Å². The second-order valence-corrected chi connectivity index (χ2v) is 8.54. The third kappa shape index (κ3) is 5.10. The average molecular weight is 473 g/mol. The maximum atomic E-state index is 12.9. The van der Waals surface area contributed by atoms with E-state index in [9.17, 15) is 39.6 Å². The molecule has 0 unspecified atom stereocenters. The van der Waals surface area contributed by atoms with Crippen molar-refractivity contribution in [3.63, 3.8) is 0 Å². The zero-order valence-corrected chi connectivity index (χ0v) is 16.6. The summed E-state index contributed by atoms with van der Waals surface area (Å²) in [5.74, 6) is -0.857. The average Bonchev–Trinajstić information content (AvgIpc) is 2.73. The summed E-state index contributed by atoms with van der Waals surface area (Å²) in [6, 6.07) is 11.5. The zero-order valence-electron chi connectivity index (χ0n) is 15.8. The van der Waals surface area contributed by atoms with Crippen molar-refractivity contribution in [1.29, 1.82) is 0 Å². The fourth-order valence-corrected chi connectivity index (χ4v) is 4.04. The van der Waals surface area contributed by atoms with Crippen LogP contribution in [0.3, 0.4) is 0 Å². The molecule has 0 saturated carbocycles. The second kappa shape index (κ2) is 8.30. The SMILES string of the molecule is O=C(Nc1ccc(S(=O)(=O)c2cccc(C(F)(F)F)c2)cc1)c1cccc(C(F)(F)F)c1. The topological polar surface area (TPSA) is 63.2 Å². The molecule has 1 N–H and O–H groups in total. The molecule has 0 heterocycles. The van der Waals surface area contributed by atoms with Gasteiger partial charge in [0.15, 0.2) is 0 Å². The molecule has 168 valence electrons. The molecule has 0 fully saturated rings. The van der Waals surface area contributed by atoms with Gasteiger partial charge in [0.05, 0.1) is 20.9 Å². The first-order valence-corrected chi connectivity index (χ1v) is 10.3. The van der Waals surface area contributed by atoms with Gasteiger partial charge in [-0.1, -0.05) is 12.1 Å². The van der Waals surface area contributed by atoms with Crippen LogP contribution >= 0.6 is 0 Å². The molecule has 11 heteroatoms. The molecule has 0 saturated heterocycles. The lowest BCUT2D eigenvalue weighted by atomic mass is 10.1. The van der Waals surface area contributed by atoms with E-state index < -0.39 is 44.1 Å². The molecule has 32 heavy (non-hydrogen) atoms. The van der Waals surface area contributed by atoms with E-state index in [4.69, 9.17) is 0 Å². The number of halogens is 6. The Bertz CT molecular complexity index is 1250. The quantitative estimate of drug-likeness (QED) is 0.487. The number of nitrogens with one attached hydrogen (secondary N) is 1. The fraction of sp³-hybridized carbons (Fsp3) is 0.0952. The minimum atomic E-state index is -4.72. The summed E-state index contributed by atoms with van der Waals surface area (Å²) < 4.78 is 102. The van der Waals surface area contributed by atoms with E-state index >= 15 is 0 Å². The van der Waals surface area contributed by atoms with Crippen molar-refractivity contribution < 1.29 is 39.6 Å². The number of rotatable bonds is 4. The Morgan fingerprint density at radius 1 is 0.688 bits per heavy atom. The molecule has 0 bridgehead atoms. The van der Waals surface area contributed by atoms with E-state index in [0.717, 1.165) is 42.5 Å². The lowest BCUT2D eigenvalue weighted by Gasteiger charge is -2.11. The molecule has 0 aromatic heterocycles. The van der Waals surface area contributed by atoms with Gasteiger partial charge in [-0.15, -0.1) is 0 Å². The lowest BCUT2D eigenvalue weighted by molar-refractivity contribution is -0.138. The van der Waals surface area contributed by atoms with Crippen LogP contribution in [0.4, 0.5) is 32.0 Å². The van der Waals surface area contributed by atoms with Crippen molar-refractivity contribution in [3.8, 4) is 0 Å². The molecule has 0 spiro atoms. The molecule has 0 aliphatic heterocycles. The van der Waals surface area contributed by atoms with Crippen LogP contribution in [0.2, 0.25) is 0 Å². The first kappa shape index (κ1) is 23.3. The summed E-state index contributed by atoms with van der Waals surface area (Å²) in [6.07, 6.45) is -9.35. The molecule has 0 atom stereocenters. The normalized spacial score (nSPS) is 12.4. The highest BCUT2D eigenvalue weighted by molar-refractivity contribution is 7.91. The van der Waals surface area contributed by atoms with Crippen molar-refractivity contribution >= 4 is 21.4 Å². The molecule has 0 radical (unpaired) electrons. The largest absolute Gasteiger partial charge is 0.416 e. The van der Waals surface area contributed by atoms with Gasteiger partial charge in [-0.25, -0.2) is 8.42 Å². The summed E-state index contributed by atoms with van der Waals surface area (Å²) in [6.45, 7) is 0. The molecule has 1 amide bonds. The van der Waals surface area contributed by atoms with Crippen LogP contribution in [0.15, 0.2) is 82.6 Å². The second-order valence-electron chi connectivity index (χ2n) is 6.59. The molecular weight excluding hydrogens is 460 g/mol. The zero-order chi connectivity index (χ0) is 23.7. The summed E-state index contributed by atoms with van der Waals surface area (Å²) in [5, 5.41) is 2.33. The van der Waals surface area contributed by atoms with Crippen LogP contribution in [0.1, 0.15) is 21.5 Å². The summed E-state index contributed by atoms with van der Waals surface area (Å²) in [5.41, 5.74) is -2.31. The molecule has 3 rings (SSSR count). The minimum Gasteiger partial charge on any atom is -0.322 e. The summed E-state index contributed by atoms with van der Waals surface area (Å²) in [7, 11) is -4.28. The van der Waals surface area contributed by atoms with Crippen molar-refractivity contribution in [3.05, 3.63) is 89.5 Å². The van der Waals surface area contributed by atoms with Gasteiger partial charge in [-0.3, -0.25) is 4.79 Å². The minimum absolute atomic E-state index is 0.0791. The van der Waals surface area contributed by atoms with Crippen LogP contribution in [-0.2, 0) is 22.2 Å². The van der Waals surface area contributed by atoms with Gasteiger partial charge in [0.25, 0.3) is 5.91 Å². The van der Waals surface area contributed by atoms with Gasteiger partial charge in [-0.05, 0) is 60.7 Å². The van der Waals surface area contributed by atoms with Gasteiger partial charge < -0.3 is 5.32 Å². The number of anilines is 1. The van der Waals surface area contributed by atoms with Crippen molar-refractivity contribution in [2.45, 2.75) is 22.1 Å². The maximum Gasteiger partial charge on any atom is 0.416 e. The van der Waals surface area contributed by atoms with Gasteiger partial charge in [-0.2, -0.15) is 26.3 Å². The van der Waals surface area contributed by atoms with Crippen LogP contribution in [-0.4, -0.2) is 14.3 Å². The highest BCUT2D eigenvalue weighted by Gasteiger charge is 2.32. The first-order valence-electron chi connectivity index (χ1n) is 8.79. The number of carbonyl (C=O) groups is 1. The summed E-state index contributed by atoms with van der Waals surface area (Å²) in [4.78, 5) is 11.3. The predicted molar refractivity (Wildman–Crippen MR) is 103 cm³/mol. The highest BCUT2D eigenvalue weighted by Crippen LogP contribution is 2.32. The van der Waals surface area contributed by atoms with Gasteiger partial charge >= 0.3 is 12.4 Å². The Balaban J connectivity index is 1.82. The Morgan fingerprint density at radius 2 is 1.22 bits per heavy atom. The van der Waals surface area contributed by atoms with E-state index in [1.807, 2.05) is 0 Å². The number of hydrogen-bond acceptors (Lipinski definition) is 3. The van der Waals surface area contributed by atoms with E-state index in [0.29, 0.717) is 12.1 Å². The number of hydrogen-bond donors (Lipinski definition) is 1. The Morgan fingerprint density at radius 3 is 1.78 bits per heavy atom. The molecule has 3 aromatic rings. The van der Waals surface area contributed by atoms with Crippen molar-refractivity contribution in [1.82, 2.24) is 0 Å². The molecule has 0 aliphatic rings. The number of sulfone groups is 1. The van der Waals surface area contributed by atoms with E-state index in [2.05, 4.69) is 5.32 Å². The maximum absolute atomic E-state index is 12.9. The van der Waals surface area contributed by atoms with Crippen LogP contribution in [0, 0.1) is 0 Å². The molecule has 4 nitrogen and oxygen atoms in total. The number of alkyl halides is 6. The molecular formula is C21H13F6NO3S. The third-order valence-electron chi connectivity index (χ3n) is 4.35. The van der Waals surface area contributed by atoms with Crippen LogP contribution < -0.4 is 5.32 Å². The van der Waals surface area contributed by atoms with E-state index in [1.165, 1.54) is 18.2 Å². The number of benzene rings is 3. The predicted octanol–water partition coefficient (Wildman–Crippen LogP) is 5.81. The van der Waals surface area contributed by atoms with Crippen molar-refractivity contribution in [2.75, 3.05) is 5.32 Å². The van der Waals surface area contributed by atoms with Gasteiger partial charge in [0.1, 0.15) is 0 Å². The molecule has 3 aromatic carbocycles. The smallest absolute Gasteiger partial charge is 0.322 e. The lowest BCUT2D eigenvalue weighted by Crippen LogP contribution is -2.14.